The number of para-hydroxylation sites is 1. The van der Waals surface area contributed by atoms with E-state index in [1.54, 1.807) is 18.2 Å². The highest BCUT2D eigenvalue weighted by Gasteiger charge is 2.02. The van der Waals surface area contributed by atoms with Gasteiger partial charge in [0.1, 0.15) is 5.75 Å². The molecule has 0 saturated carbocycles. The van der Waals surface area contributed by atoms with E-state index in [0.29, 0.717) is 12.2 Å². The fourth-order valence-electron chi connectivity index (χ4n) is 2.02. The van der Waals surface area contributed by atoms with Crippen LogP contribution in [0.25, 0.3) is 12.2 Å². The zero-order chi connectivity index (χ0) is 17.4. The molecule has 0 heterocycles. The minimum atomic E-state index is -0.244. The molecule has 0 aliphatic rings. The van der Waals surface area contributed by atoms with Gasteiger partial charge in [-0.05, 0) is 48.4 Å². The van der Waals surface area contributed by atoms with E-state index in [1.165, 1.54) is 24.3 Å². The molecule has 4 nitrogen and oxygen atoms in total. The summed E-state index contributed by atoms with van der Waals surface area (Å²) >= 11 is 0. The van der Waals surface area contributed by atoms with Gasteiger partial charge < -0.3 is 14.9 Å². The van der Waals surface area contributed by atoms with E-state index in [0.717, 1.165) is 17.7 Å². The van der Waals surface area contributed by atoms with Crippen LogP contribution in [-0.2, 0) is 4.79 Å². The lowest BCUT2D eigenvalue weighted by Crippen LogP contribution is -1.94. The summed E-state index contributed by atoms with van der Waals surface area (Å²) in [5, 5.41) is 19.1. The Hall–Kier alpha value is -3.01. The molecule has 0 unspecified atom stereocenters. The highest BCUT2D eigenvalue weighted by Crippen LogP contribution is 2.28. The monoisotopic (exact) mass is 324 g/mol. The van der Waals surface area contributed by atoms with Gasteiger partial charge in [0.25, 0.3) is 0 Å². The van der Waals surface area contributed by atoms with E-state index < -0.39 is 0 Å². The average molecular weight is 324 g/mol. The van der Waals surface area contributed by atoms with E-state index in [1.807, 2.05) is 31.2 Å². The Morgan fingerprint density at radius 3 is 2.62 bits per heavy atom. The van der Waals surface area contributed by atoms with Crippen molar-refractivity contribution in [2.24, 2.45) is 0 Å². The predicted molar refractivity (Wildman–Crippen MR) is 95.1 cm³/mol. The molecule has 0 radical (unpaired) electrons. The number of carbonyl (C=O) groups excluding carboxylic acids is 1. The number of phenolic OH excluding ortho intramolecular Hbond substituents is 2. The molecule has 0 aromatic heterocycles. The molecule has 0 aliphatic carbocycles. The van der Waals surface area contributed by atoms with Crippen molar-refractivity contribution in [3.05, 3.63) is 65.7 Å². The first kappa shape index (κ1) is 17.3. The van der Waals surface area contributed by atoms with E-state index >= 15 is 0 Å². The van der Waals surface area contributed by atoms with Crippen molar-refractivity contribution in [1.29, 1.82) is 0 Å². The first-order chi connectivity index (χ1) is 11.6. The Labute approximate surface area is 141 Å². The van der Waals surface area contributed by atoms with Gasteiger partial charge >= 0.3 is 0 Å². The van der Waals surface area contributed by atoms with Crippen LogP contribution in [0.4, 0.5) is 0 Å². The molecule has 2 rings (SSSR count). The topological polar surface area (TPSA) is 66.8 Å². The SMILES string of the molecule is CCCOc1cccc(/C=C/C(=O)/C=C/c2cccc(O)c2O)c1. The lowest BCUT2D eigenvalue weighted by molar-refractivity contribution is -0.110. The quantitative estimate of drug-likeness (QED) is 0.592. The second-order valence-corrected chi connectivity index (χ2v) is 5.20. The van der Waals surface area contributed by atoms with Gasteiger partial charge in [-0.1, -0.05) is 37.3 Å². The smallest absolute Gasteiger partial charge is 0.178 e. The van der Waals surface area contributed by atoms with Gasteiger partial charge in [0.15, 0.2) is 17.3 Å². The van der Waals surface area contributed by atoms with Crippen molar-refractivity contribution in [2.75, 3.05) is 6.61 Å². The first-order valence-electron chi connectivity index (χ1n) is 7.74. The number of hydrogen-bond acceptors (Lipinski definition) is 4. The molecular formula is C20H20O4. The molecule has 2 N–H and O–H groups in total. The van der Waals surface area contributed by atoms with Crippen LogP contribution in [0.5, 0.6) is 17.2 Å². The van der Waals surface area contributed by atoms with Gasteiger partial charge in [-0.2, -0.15) is 0 Å². The van der Waals surface area contributed by atoms with Crippen molar-refractivity contribution in [3.63, 3.8) is 0 Å². The zero-order valence-corrected chi connectivity index (χ0v) is 13.5. The molecule has 24 heavy (non-hydrogen) atoms. The summed E-state index contributed by atoms with van der Waals surface area (Å²) in [6.07, 6.45) is 6.87. The van der Waals surface area contributed by atoms with Gasteiger partial charge in [-0.3, -0.25) is 4.79 Å². The van der Waals surface area contributed by atoms with Crippen LogP contribution < -0.4 is 4.74 Å². The zero-order valence-electron chi connectivity index (χ0n) is 13.5. The average Bonchev–Trinajstić information content (AvgIpc) is 2.60. The normalized spacial score (nSPS) is 11.2. The van der Waals surface area contributed by atoms with Gasteiger partial charge in [0.2, 0.25) is 0 Å². The minimum absolute atomic E-state index is 0.218. The largest absolute Gasteiger partial charge is 0.504 e. The lowest BCUT2D eigenvalue weighted by atomic mass is 10.1. The Bertz CT molecular complexity index is 760. The summed E-state index contributed by atoms with van der Waals surface area (Å²) in [5.41, 5.74) is 1.25. The maximum atomic E-state index is 11.9. The lowest BCUT2D eigenvalue weighted by Gasteiger charge is -2.04. The number of carbonyl (C=O) groups is 1. The number of phenols is 2. The minimum Gasteiger partial charge on any atom is -0.504 e. The third kappa shape index (κ3) is 5.02. The van der Waals surface area contributed by atoms with Crippen molar-refractivity contribution < 1.29 is 19.7 Å². The van der Waals surface area contributed by atoms with Crippen LogP contribution in [-0.4, -0.2) is 22.6 Å². The van der Waals surface area contributed by atoms with Gasteiger partial charge in [0.05, 0.1) is 6.61 Å². The number of ketones is 1. The molecule has 0 atom stereocenters. The van der Waals surface area contributed by atoms with Crippen LogP contribution in [0.2, 0.25) is 0 Å². The molecule has 0 spiro atoms. The molecule has 4 heteroatoms. The van der Waals surface area contributed by atoms with Gasteiger partial charge in [0, 0.05) is 5.56 Å². The maximum Gasteiger partial charge on any atom is 0.178 e. The van der Waals surface area contributed by atoms with Crippen LogP contribution in [0.3, 0.4) is 0 Å². The van der Waals surface area contributed by atoms with Gasteiger partial charge in [-0.25, -0.2) is 0 Å². The van der Waals surface area contributed by atoms with Crippen LogP contribution >= 0.6 is 0 Å². The van der Waals surface area contributed by atoms with E-state index in [4.69, 9.17) is 4.74 Å². The Morgan fingerprint density at radius 1 is 1.08 bits per heavy atom. The fourth-order valence-corrected chi connectivity index (χ4v) is 2.02. The number of hydrogen-bond donors (Lipinski definition) is 2. The summed E-state index contributed by atoms with van der Waals surface area (Å²) in [4.78, 5) is 11.9. The van der Waals surface area contributed by atoms with E-state index in [2.05, 4.69) is 0 Å². The van der Waals surface area contributed by atoms with E-state index in [9.17, 15) is 15.0 Å². The number of ether oxygens (including phenoxy) is 1. The van der Waals surface area contributed by atoms with Crippen molar-refractivity contribution in [1.82, 2.24) is 0 Å². The number of benzene rings is 2. The Kier molecular flexibility index (Phi) is 6.20. The van der Waals surface area contributed by atoms with Crippen molar-refractivity contribution >= 4 is 17.9 Å². The molecule has 0 saturated heterocycles. The molecule has 0 amide bonds. The molecule has 2 aromatic rings. The highest BCUT2D eigenvalue weighted by atomic mass is 16.5. The number of rotatable bonds is 7. The summed E-state index contributed by atoms with van der Waals surface area (Å²) in [7, 11) is 0. The maximum absolute atomic E-state index is 11.9. The van der Waals surface area contributed by atoms with Crippen LogP contribution in [0.15, 0.2) is 54.6 Å². The number of allylic oxidation sites excluding steroid dienone is 2. The second kappa shape index (κ2) is 8.58. The van der Waals surface area contributed by atoms with Crippen LogP contribution in [0.1, 0.15) is 24.5 Å². The van der Waals surface area contributed by atoms with Crippen LogP contribution in [0, 0.1) is 0 Å². The molecule has 0 bridgehead atoms. The summed E-state index contributed by atoms with van der Waals surface area (Å²) in [5.74, 6) is 0.0830. The predicted octanol–water partition coefficient (Wildman–Crippen LogP) is 4.18. The fraction of sp³-hybridized carbons (Fsp3) is 0.150. The summed E-state index contributed by atoms with van der Waals surface area (Å²) < 4.78 is 5.55. The summed E-state index contributed by atoms with van der Waals surface area (Å²) in [6, 6.07) is 12.1. The van der Waals surface area contributed by atoms with E-state index in [-0.39, 0.29) is 17.3 Å². The first-order valence-corrected chi connectivity index (χ1v) is 7.74. The van der Waals surface area contributed by atoms with Gasteiger partial charge in [-0.15, -0.1) is 0 Å². The molecule has 0 aliphatic heterocycles. The summed E-state index contributed by atoms with van der Waals surface area (Å²) in [6.45, 7) is 2.70. The molecular weight excluding hydrogens is 304 g/mol. The highest BCUT2D eigenvalue weighted by molar-refractivity contribution is 6.04. The Morgan fingerprint density at radius 2 is 1.83 bits per heavy atom. The second-order valence-electron chi connectivity index (χ2n) is 5.20. The van der Waals surface area contributed by atoms with Crippen molar-refractivity contribution in [2.45, 2.75) is 13.3 Å². The Balaban J connectivity index is 2.02. The standard InChI is InChI=1S/C20H20O4/c1-2-13-24-18-7-3-5-15(14-18)9-11-17(21)12-10-16-6-4-8-19(22)20(16)23/h3-12,14,22-23H,2,13H2,1H3/b11-9+,12-10+. The molecule has 2 aromatic carbocycles. The third-order valence-corrected chi connectivity index (χ3v) is 3.24. The third-order valence-electron chi connectivity index (χ3n) is 3.24. The van der Waals surface area contributed by atoms with Crippen molar-refractivity contribution in [3.8, 4) is 17.2 Å². The number of aromatic hydroxyl groups is 2. The molecule has 0 fully saturated rings. The molecule has 124 valence electrons.